The van der Waals surface area contributed by atoms with E-state index in [-0.39, 0.29) is 0 Å². The standard InChI is InChI=1S/C14H16ClNO2/c1-2-16-9-13-7-8-14(18-13)10-17-12-5-3-11(15)4-6-12/h3-8,16H,2,9-10H2,1H3. The molecule has 0 unspecified atom stereocenters. The zero-order chi connectivity index (χ0) is 12.8. The second-order valence-electron chi connectivity index (χ2n) is 3.89. The minimum Gasteiger partial charge on any atom is -0.486 e. The molecular weight excluding hydrogens is 250 g/mol. The van der Waals surface area contributed by atoms with E-state index in [0.29, 0.717) is 11.6 Å². The fraction of sp³-hybridized carbons (Fsp3) is 0.286. The molecule has 18 heavy (non-hydrogen) atoms. The molecule has 0 radical (unpaired) electrons. The number of halogens is 1. The Morgan fingerprint density at radius 2 is 1.83 bits per heavy atom. The van der Waals surface area contributed by atoms with Crippen molar-refractivity contribution in [2.24, 2.45) is 0 Å². The molecule has 0 saturated heterocycles. The lowest BCUT2D eigenvalue weighted by Crippen LogP contribution is -2.10. The van der Waals surface area contributed by atoms with Gasteiger partial charge in [-0.2, -0.15) is 0 Å². The summed E-state index contributed by atoms with van der Waals surface area (Å²) in [6.45, 7) is 4.16. The Kier molecular flexibility index (Phi) is 4.67. The van der Waals surface area contributed by atoms with Gasteiger partial charge in [0.2, 0.25) is 0 Å². The number of ether oxygens (including phenoxy) is 1. The summed E-state index contributed by atoms with van der Waals surface area (Å²) in [5.41, 5.74) is 0. The highest BCUT2D eigenvalue weighted by molar-refractivity contribution is 6.30. The number of benzene rings is 1. The maximum atomic E-state index is 5.80. The molecule has 96 valence electrons. The summed E-state index contributed by atoms with van der Waals surface area (Å²) in [6, 6.07) is 11.2. The molecule has 0 aliphatic carbocycles. The molecule has 4 heteroatoms. The molecule has 1 N–H and O–H groups in total. The monoisotopic (exact) mass is 265 g/mol. The Balaban J connectivity index is 1.86. The van der Waals surface area contributed by atoms with Crippen LogP contribution >= 0.6 is 11.6 Å². The summed E-state index contributed by atoms with van der Waals surface area (Å²) >= 11 is 5.80. The third-order valence-corrected chi connectivity index (χ3v) is 2.71. The van der Waals surface area contributed by atoms with Crippen molar-refractivity contribution in [2.75, 3.05) is 6.54 Å². The van der Waals surface area contributed by atoms with Crippen LogP contribution < -0.4 is 10.1 Å². The van der Waals surface area contributed by atoms with Crippen molar-refractivity contribution in [2.45, 2.75) is 20.1 Å². The van der Waals surface area contributed by atoms with Gasteiger partial charge in [-0.25, -0.2) is 0 Å². The van der Waals surface area contributed by atoms with E-state index < -0.39 is 0 Å². The molecule has 0 aliphatic heterocycles. The normalized spacial score (nSPS) is 10.6. The van der Waals surface area contributed by atoms with Crippen LogP contribution in [0.3, 0.4) is 0 Å². The smallest absolute Gasteiger partial charge is 0.146 e. The molecule has 0 amide bonds. The minimum absolute atomic E-state index is 0.424. The maximum absolute atomic E-state index is 5.80. The number of rotatable bonds is 6. The van der Waals surface area contributed by atoms with Crippen molar-refractivity contribution < 1.29 is 9.15 Å². The summed E-state index contributed by atoms with van der Waals surface area (Å²) in [6.07, 6.45) is 0. The highest BCUT2D eigenvalue weighted by atomic mass is 35.5. The average molecular weight is 266 g/mol. The average Bonchev–Trinajstić information content (AvgIpc) is 2.84. The van der Waals surface area contributed by atoms with Gasteiger partial charge in [0.1, 0.15) is 23.9 Å². The Bertz CT molecular complexity index is 479. The van der Waals surface area contributed by atoms with Crippen LogP contribution in [-0.4, -0.2) is 6.54 Å². The first-order valence-electron chi connectivity index (χ1n) is 5.94. The molecule has 0 aliphatic rings. The molecule has 3 nitrogen and oxygen atoms in total. The number of hydrogen-bond donors (Lipinski definition) is 1. The third-order valence-electron chi connectivity index (χ3n) is 2.46. The number of furan rings is 1. The maximum Gasteiger partial charge on any atom is 0.146 e. The van der Waals surface area contributed by atoms with Crippen LogP contribution in [-0.2, 0) is 13.2 Å². The van der Waals surface area contributed by atoms with Gasteiger partial charge in [-0.1, -0.05) is 18.5 Å². The fourth-order valence-electron chi connectivity index (χ4n) is 1.53. The van der Waals surface area contributed by atoms with E-state index in [1.165, 1.54) is 0 Å². The van der Waals surface area contributed by atoms with Crippen LogP contribution in [0.5, 0.6) is 5.75 Å². The van der Waals surface area contributed by atoms with Gasteiger partial charge < -0.3 is 14.5 Å². The van der Waals surface area contributed by atoms with Crippen LogP contribution in [0.15, 0.2) is 40.8 Å². The molecular formula is C14H16ClNO2. The van der Waals surface area contributed by atoms with Crippen molar-refractivity contribution in [1.29, 1.82) is 0 Å². The Morgan fingerprint density at radius 1 is 1.11 bits per heavy atom. The molecule has 2 rings (SSSR count). The van der Waals surface area contributed by atoms with Crippen molar-refractivity contribution in [3.05, 3.63) is 52.9 Å². The molecule has 1 aromatic carbocycles. The second-order valence-corrected chi connectivity index (χ2v) is 4.33. The van der Waals surface area contributed by atoms with Gasteiger partial charge in [0, 0.05) is 5.02 Å². The molecule has 0 bridgehead atoms. The highest BCUT2D eigenvalue weighted by Crippen LogP contribution is 2.17. The SMILES string of the molecule is CCNCc1ccc(COc2ccc(Cl)cc2)o1. The largest absolute Gasteiger partial charge is 0.486 e. The molecule has 0 atom stereocenters. The molecule has 1 heterocycles. The Morgan fingerprint density at radius 3 is 2.56 bits per heavy atom. The summed E-state index contributed by atoms with van der Waals surface area (Å²) < 4.78 is 11.2. The van der Waals surface area contributed by atoms with Crippen LogP contribution in [0, 0.1) is 0 Å². The van der Waals surface area contributed by atoms with Gasteiger partial charge in [0.05, 0.1) is 6.54 Å². The Hall–Kier alpha value is -1.45. The highest BCUT2D eigenvalue weighted by Gasteiger charge is 2.02. The third kappa shape index (κ3) is 3.79. The summed E-state index contributed by atoms with van der Waals surface area (Å²) in [5.74, 6) is 2.52. The molecule has 0 fully saturated rings. The zero-order valence-electron chi connectivity index (χ0n) is 10.3. The van der Waals surface area contributed by atoms with E-state index in [1.807, 2.05) is 24.3 Å². The van der Waals surface area contributed by atoms with Crippen molar-refractivity contribution in [3.8, 4) is 5.75 Å². The lowest BCUT2D eigenvalue weighted by molar-refractivity contribution is 0.265. The molecule has 1 aromatic heterocycles. The van der Waals surface area contributed by atoms with E-state index >= 15 is 0 Å². The number of nitrogens with one attached hydrogen (secondary N) is 1. The lowest BCUT2D eigenvalue weighted by atomic mass is 10.3. The van der Waals surface area contributed by atoms with Gasteiger partial charge in [-0.15, -0.1) is 0 Å². The van der Waals surface area contributed by atoms with E-state index in [4.69, 9.17) is 20.8 Å². The first kappa shape index (κ1) is 13.0. The summed E-state index contributed by atoms with van der Waals surface area (Å²) in [7, 11) is 0. The van der Waals surface area contributed by atoms with Crippen LogP contribution in [0.2, 0.25) is 5.02 Å². The van der Waals surface area contributed by atoms with E-state index in [9.17, 15) is 0 Å². The first-order valence-corrected chi connectivity index (χ1v) is 6.32. The van der Waals surface area contributed by atoms with Gasteiger partial charge in [0.25, 0.3) is 0 Å². The van der Waals surface area contributed by atoms with Crippen LogP contribution in [0.25, 0.3) is 0 Å². The van der Waals surface area contributed by atoms with Gasteiger partial charge in [-0.3, -0.25) is 0 Å². The van der Waals surface area contributed by atoms with E-state index in [1.54, 1.807) is 12.1 Å². The zero-order valence-corrected chi connectivity index (χ0v) is 11.0. The predicted molar refractivity (Wildman–Crippen MR) is 71.9 cm³/mol. The van der Waals surface area contributed by atoms with Crippen molar-refractivity contribution >= 4 is 11.6 Å². The van der Waals surface area contributed by atoms with Gasteiger partial charge >= 0.3 is 0 Å². The second kappa shape index (κ2) is 6.47. The van der Waals surface area contributed by atoms with E-state index in [0.717, 1.165) is 30.4 Å². The first-order chi connectivity index (χ1) is 8.78. The van der Waals surface area contributed by atoms with Gasteiger partial charge in [-0.05, 0) is 42.9 Å². The fourth-order valence-corrected chi connectivity index (χ4v) is 1.65. The topological polar surface area (TPSA) is 34.4 Å². The molecule has 0 spiro atoms. The van der Waals surface area contributed by atoms with Crippen LogP contribution in [0.4, 0.5) is 0 Å². The van der Waals surface area contributed by atoms with Crippen molar-refractivity contribution in [3.63, 3.8) is 0 Å². The lowest BCUT2D eigenvalue weighted by Gasteiger charge is -2.04. The summed E-state index contributed by atoms with van der Waals surface area (Å²) in [4.78, 5) is 0. The molecule has 0 saturated carbocycles. The number of hydrogen-bond acceptors (Lipinski definition) is 3. The predicted octanol–water partition coefficient (Wildman–Crippen LogP) is 3.62. The Labute approximate surface area is 112 Å². The molecule has 2 aromatic rings. The minimum atomic E-state index is 0.424. The summed E-state index contributed by atoms with van der Waals surface area (Å²) in [5, 5.41) is 3.91. The van der Waals surface area contributed by atoms with Crippen LogP contribution in [0.1, 0.15) is 18.4 Å². The van der Waals surface area contributed by atoms with Crippen molar-refractivity contribution in [1.82, 2.24) is 5.32 Å². The quantitative estimate of drug-likeness (QED) is 0.866. The van der Waals surface area contributed by atoms with E-state index in [2.05, 4.69) is 12.2 Å². The van der Waals surface area contributed by atoms with Gasteiger partial charge in [0.15, 0.2) is 0 Å².